The molecule has 2 aromatic heterocycles. The Kier molecular flexibility index (Phi) is 5.06. The van der Waals surface area contributed by atoms with Crippen LogP contribution in [0.1, 0.15) is 25.0 Å². The van der Waals surface area contributed by atoms with Crippen LogP contribution in [0.4, 0.5) is 4.79 Å². The van der Waals surface area contributed by atoms with Crippen molar-refractivity contribution in [2.45, 2.75) is 32.7 Å². The van der Waals surface area contributed by atoms with Gasteiger partial charge >= 0.3 is 6.09 Å². The van der Waals surface area contributed by atoms with Crippen molar-refractivity contribution in [2.24, 2.45) is 5.92 Å². The van der Waals surface area contributed by atoms with Crippen LogP contribution < -0.4 is 0 Å². The van der Waals surface area contributed by atoms with Crippen LogP contribution in [0.5, 0.6) is 0 Å². The number of aryl methyl sites for hydroxylation is 2. The summed E-state index contributed by atoms with van der Waals surface area (Å²) in [5.74, 6) is 1.49. The number of likely N-dealkylation sites (tertiary alicyclic amines) is 1. The molecule has 1 aliphatic heterocycles. The van der Waals surface area contributed by atoms with Crippen molar-refractivity contribution in [1.29, 1.82) is 0 Å². The first kappa shape index (κ1) is 19.5. The van der Waals surface area contributed by atoms with Gasteiger partial charge in [-0.2, -0.15) is 0 Å². The predicted molar refractivity (Wildman–Crippen MR) is 122 cm³/mol. The number of nitrogens with zero attached hydrogens (tertiary/aromatic N) is 4. The third kappa shape index (κ3) is 3.63. The molecule has 0 radical (unpaired) electrons. The van der Waals surface area contributed by atoms with Crippen molar-refractivity contribution in [3.05, 3.63) is 60.3 Å². The predicted octanol–water partition coefficient (Wildman–Crippen LogP) is 5.34. The number of fused-ring (bicyclic) bond motifs is 3. The van der Waals surface area contributed by atoms with Gasteiger partial charge < -0.3 is 14.6 Å². The average Bonchev–Trinajstić information content (AvgIpc) is 3.19. The Morgan fingerprint density at radius 2 is 1.74 bits per heavy atom. The van der Waals surface area contributed by atoms with E-state index in [9.17, 15) is 9.90 Å². The highest BCUT2D eigenvalue weighted by Crippen LogP contribution is 2.32. The summed E-state index contributed by atoms with van der Waals surface area (Å²) in [6, 6.07) is 18.6. The third-order valence-electron chi connectivity index (χ3n) is 6.44. The van der Waals surface area contributed by atoms with Gasteiger partial charge in [0.05, 0.1) is 16.7 Å². The van der Waals surface area contributed by atoms with E-state index in [1.54, 1.807) is 0 Å². The summed E-state index contributed by atoms with van der Waals surface area (Å²) >= 11 is 0. The third-order valence-corrected chi connectivity index (χ3v) is 6.44. The highest BCUT2D eigenvalue weighted by molar-refractivity contribution is 6.04. The van der Waals surface area contributed by atoms with Gasteiger partial charge in [-0.15, -0.1) is 0 Å². The Bertz CT molecular complexity index is 1240. The molecule has 1 saturated heterocycles. The molecule has 0 spiro atoms. The van der Waals surface area contributed by atoms with Crippen LogP contribution in [-0.2, 0) is 6.54 Å². The molecule has 158 valence electrons. The number of pyridine rings is 1. The summed E-state index contributed by atoms with van der Waals surface area (Å²) < 4.78 is 2.35. The molecule has 6 nitrogen and oxygen atoms in total. The highest BCUT2D eigenvalue weighted by Gasteiger charge is 2.23. The van der Waals surface area contributed by atoms with Crippen LogP contribution in [0.2, 0.25) is 0 Å². The lowest BCUT2D eigenvalue weighted by Gasteiger charge is -2.30. The number of hydrogen-bond acceptors (Lipinski definition) is 3. The first-order chi connectivity index (χ1) is 15.1. The van der Waals surface area contributed by atoms with Crippen molar-refractivity contribution in [3.8, 4) is 11.4 Å². The van der Waals surface area contributed by atoms with Gasteiger partial charge in [0.2, 0.25) is 0 Å². The number of amides is 1. The quantitative estimate of drug-likeness (QED) is 0.489. The average molecular weight is 415 g/mol. The highest BCUT2D eigenvalue weighted by atomic mass is 16.4. The standard InChI is InChI=1S/C25H26N4O2/c1-17-22-23(20-9-5-6-10-21(20)26-17)29(24(27-22)19-7-3-2-4-8-19)16-13-18-11-14-28(15-12-18)25(30)31/h2-10,18H,11-16H2,1H3,(H,30,31). The van der Waals surface area contributed by atoms with Crippen LogP contribution in [0.15, 0.2) is 54.6 Å². The minimum atomic E-state index is -0.806. The van der Waals surface area contributed by atoms with E-state index < -0.39 is 6.09 Å². The molecule has 0 unspecified atom stereocenters. The van der Waals surface area contributed by atoms with Crippen molar-refractivity contribution in [2.75, 3.05) is 13.1 Å². The Balaban J connectivity index is 1.56. The second kappa shape index (κ2) is 8.02. The number of rotatable bonds is 4. The van der Waals surface area contributed by atoms with E-state index in [2.05, 4.69) is 34.9 Å². The molecular formula is C25H26N4O2. The maximum Gasteiger partial charge on any atom is 0.407 e. The SMILES string of the molecule is Cc1nc2ccccc2c2c1nc(-c1ccccc1)n2CCC1CCN(C(=O)O)CC1. The first-order valence-electron chi connectivity index (χ1n) is 10.9. The second-order valence-electron chi connectivity index (χ2n) is 8.37. The zero-order valence-corrected chi connectivity index (χ0v) is 17.7. The lowest BCUT2D eigenvalue weighted by Crippen LogP contribution is -2.37. The van der Waals surface area contributed by atoms with Gasteiger partial charge in [0.25, 0.3) is 0 Å². The minimum Gasteiger partial charge on any atom is -0.465 e. The molecular weight excluding hydrogens is 388 g/mol. The van der Waals surface area contributed by atoms with Gasteiger partial charge in [0, 0.05) is 30.6 Å². The molecule has 31 heavy (non-hydrogen) atoms. The number of carboxylic acid groups (broad SMARTS) is 1. The van der Waals surface area contributed by atoms with Gasteiger partial charge in [-0.3, -0.25) is 4.98 Å². The van der Waals surface area contributed by atoms with Gasteiger partial charge in [0.1, 0.15) is 11.3 Å². The lowest BCUT2D eigenvalue weighted by atomic mass is 9.93. The molecule has 2 aromatic carbocycles. The van der Waals surface area contributed by atoms with Crippen LogP contribution in [0, 0.1) is 12.8 Å². The summed E-state index contributed by atoms with van der Waals surface area (Å²) in [4.78, 5) is 22.6. The van der Waals surface area contributed by atoms with E-state index in [1.807, 2.05) is 31.2 Å². The first-order valence-corrected chi connectivity index (χ1v) is 10.9. The van der Waals surface area contributed by atoms with Crippen LogP contribution in [0.25, 0.3) is 33.3 Å². The zero-order valence-electron chi connectivity index (χ0n) is 17.7. The second-order valence-corrected chi connectivity index (χ2v) is 8.37. The molecule has 0 bridgehead atoms. The van der Waals surface area contributed by atoms with Crippen molar-refractivity contribution >= 4 is 28.0 Å². The van der Waals surface area contributed by atoms with E-state index in [4.69, 9.17) is 9.97 Å². The fourth-order valence-electron chi connectivity index (χ4n) is 4.73. The molecule has 5 rings (SSSR count). The van der Waals surface area contributed by atoms with Gasteiger partial charge in [0.15, 0.2) is 0 Å². The van der Waals surface area contributed by atoms with E-state index in [0.29, 0.717) is 19.0 Å². The summed E-state index contributed by atoms with van der Waals surface area (Å²) in [5, 5.41) is 10.3. The molecule has 0 saturated carbocycles. The molecule has 1 N–H and O–H groups in total. The van der Waals surface area contributed by atoms with Crippen LogP contribution >= 0.6 is 0 Å². The molecule has 0 aliphatic carbocycles. The van der Waals surface area contributed by atoms with E-state index in [0.717, 1.165) is 64.8 Å². The number of hydrogen-bond donors (Lipinski definition) is 1. The Labute approximate surface area is 181 Å². The summed E-state index contributed by atoms with van der Waals surface area (Å²) in [6.45, 7) is 4.14. The van der Waals surface area contributed by atoms with Crippen molar-refractivity contribution in [3.63, 3.8) is 0 Å². The van der Waals surface area contributed by atoms with Gasteiger partial charge in [-0.25, -0.2) is 9.78 Å². The Hall–Kier alpha value is -3.41. The fraction of sp³-hybridized carbons (Fsp3) is 0.320. The molecule has 4 aromatic rings. The zero-order chi connectivity index (χ0) is 21.4. The Morgan fingerprint density at radius 1 is 1.03 bits per heavy atom. The summed E-state index contributed by atoms with van der Waals surface area (Å²) in [7, 11) is 0. The van der Waals surface area contributed by atoms with Crippen LogP contribution in [0.3, 0.4) is 0 Å². The summed E-state index contributed by atoms with van der Waals surface area (Å²) in [6.07, 6.45) is 2.04. The normalized spacial score (nSPS) is 15.1. The summed E-state index contributed by atoms with van der Waals surface area (Å²) in [5.41, 5.74) is 5.13. The number of imidazole rings is 1. The number of piperidine rings is 1. The van der Waals surface area contributed by atoms with Crippen molar-refractivity contribution in [1.82, 2.24) is 19.4 Å². The smallest absolute Gasteiger partial charge is 0.407 e. The number of carbonyl (C=O) groups is 1. The van der Waals surface area contributed by atoms with E-state index in [-0.39, 0.29) is 0 Å². The molecule has 1 fully saturated rings. The Morgan fingerprint density at radius 3 is 2.48 bits per heavy atom. The maximum atomic E-state index is 11.2. The van der Waals surface area contributed by atoms with Gasteiger partial charge in [-0.05, 0) is 38.2 Å². The number of para-hydroxylation sites is 1. The minimum absolute atomic E-state index is 0.519. The monoisotopic (exact) mass is 414 g/mol. The largest absolute Gasteiger partial charge is 0.465 e. The lowest BCUT2D eigenvalue weighted by molar-refractivity contribution is 0.122. The van der Waals surface area contributed by atoms with E-state index in [1.165, 1.54) is 4.90 Å². The van der Waals surface area contributed by atoms with Crippen molar-refractivity contribution < 1.29 is 9.90 Å². The molecule has 6 heteroatoms. The van der Waals surface area contributed by atoms with Gasteiger partial charge in [-0.1, -0.05) is 48.5 Å². The molecule has 1 aliphatic rings. The topological polar surface area (TPSA) is 71.2 Å². The fourth-order valence-corrected chi connectivity index (χ4v) is 4.73. The maximum absolute atomic E-state index is 11.2. The van der Waals surface area contributed by atoms with Crippen LogP contribution in [-0.4, -0.2) is 43.7 Å². The van der Waals surface area contributed by atoms with E-state index >= 15 is 0 Å². The number of benzene rings is 2. The molecule has 1 amide bonds. The number of aromatic nitrogens is 3. The molecule has 3 heterocycles. The molecule has 0 atom stereocenters.